The van der Waals surface area contributed by atoms with E-state index >= 15 is 0 Å². The van der Waals surface area contributed by atoms with Crippen LogP contribution in [-0.4, -0.2) is 15.0 Å². The molecule has 0 saturated carbocycles. The Balaban J connectivity index is 0.000000187. The van der Waals surface area contributed by atoms with Gasteiger partial charge in [0.2, 0.25) is 0 Å². The van der Waals surface area contributed by atoms with E-state index in [1.54, 1.807) is 12.4 Å². The van der Waals surface area contributed by atoms with Gasteiger partial charge in [-0.1, -0.05) is 113 Å². The largest absolute Gasteiger partial charge is 0.320 e. The first-order chi connectivity index (χ1) is 22.4. The van der Waals surface area contributed by atoms with Crippen LogP contribution in [0, 0.1) is 38.3 Å². The van der Waals surface area contributed by atoms with Crippen LogP contribution < -0.4 is 0 Å². The Hall–Kier alpha value is -4.24. The molecule has 48 heavy (non-hydrogen) atoms. The van der Waals surface area contributed by atoms with E-state index in [2.05, 4.69) is 155 Å². The van der Waals surface area contributed by atoms with Gasteiger partial charge in [-0.3, -0.25) is 4.98 Å². The number of fused-ring (bicyclic) bond motifs is 3. The van der Waals surface area contributed by atoms with Crippen molar-refractivity contribution in [3.05, 3.63) is 149 Å². The van der Waals surface area contributed by atoms with Gasteiger partial charge in [0.15, 0.2) is 0 Å². The molecule has 1 radical (unpaired) electrons. The second kappa shape index (κ2) is 14.1. The summed E-state index contributed by atoms with van der Waals surface area (Å²) < 4.78 is 0. The average molecular weight is 806 g/mol. The molecule has 0 aliphatic heterocycles. The van der Waals surface area contributed by atoms with Crippen molar-refractivity contribution < 1.29 is 20.1 Å². The summed E-state index contributed by atoms with van der Waals surface area (Å²) in [6, 6.07) is 34.7. The third kappa shape index (κ3) is 7.41. The zero-order valence-electron chi connectivity index (χ0n) is 29.2. The number of benzene rings is 3. The zero-order chi connectivity index (χ0) is 33.3. The molecule has 6 aromatic rings. The Morgan fingerprint density at radius 1 is 0.667 bits per heavy atom. The number of aromatic nitrogens is 3. The van der Waals surface area contributed by atoms with Gasteiger partial charge < -0.3 is 9.97 Å². The van der Waals surface area contributed by atoms with E-state index in [1.807, 2.05) is 18.5 Å². The summed E-state index contributed by atoms with van der Waals surface area (Å²) in [7, 11) is 0. The molecular weight excluding hydrogens is 763 g/mol. The van der Waals surface area contributed by atoms with Crippen molar-refractivity contribution in [2.45, 2.75) is 67.2 Å². The molecule has 3 heterocycles. The van der Waals surface area contributed by atoms with E-state index in [9.17, 15) is 0 Å². The topological polar surface area (TPSA) is 38.7 Å². The van der Waals surface area contributed by atoms with Gasteiger partial charge in [0, 0.05) is 43.5 Å². The molecule has 245 valence electrons. The summed E-state index contributed by atoms with van der Waals surface area (Å²) in [4.78, 5) is 13.2. The fraction of sp³-hybridized carbons (Fsp3) is 0.250. The first kappa shape index (κ1) is 35.1. The van der Waals surface area contributed by atoms with Gasteiger partial charge in [0.1, 0.15) is 0 Å². The van der Waals surface area contributed by atoms with E-state index in [-0.39, 0.29) is 25.5 Å². The Bertz CT molecular complexity index is 2040. The predicted molar refractivity (Wildman–Crippen MR) is 195 cm³/mol. The minimum absolute atomic E-state index is 0. The van der Waals surface area contributed by atoms with Crippen LogP contribution in [0.4, 0.5) is 0 Å². The van der Waals surface area contributed by atoms with E-state index in [1.165, 1.54) is 55.6 Å². The molecule has 0 N–H and O–H groups in total. The maximum Gasteiger partial charge on any atom is 0.0206 e. The second-order valence-electron chi connectivity index (χ2n) is 14.5. The quantitative estimate of drug-likeness (QED) is 0.167. The van der Waals surface area contributed by atoms with Crippen LogP contribution in [-0.2, 0) is 31.9 Å². The molecule has 0 atom stereocenters. The number of pyridine rings is 3. The molecule has 0 amide bonds. The van der Waals surface area contributed by atoms with Crippen molar-refractivity contribution in [2.24, 2.45) is 5.41 Å². The molecule has 7 rings (SSSR count). The summed E-state index contributed by atoms with van der Waals surface area (Å²) in [6.45, 7) is 17.8. The summed E-state index contributed by atoms with van der Waals surface area (Å²) in [5, 5.41) is 0. The normalized spacial score (nSPS) is 12.7. The fourth-order valence-electron chi connectivity index (χ4n) is 6.43. The van der Waals surface area contributed by atoms with Crippen molar-refractivity contribution in [1.82, 2.24) is 15.0 Å². The van der Waals surface area contributed by atoms with E-state index in [4.69, 9.17) is 0 Å². The van der Waals surface area contributed by atoms with Crippen molar-refractivity contribution >= 4 is 0 Å². The molecule has 1 aliphatic rings. The number of rotatable bonds is 4. The molecule has 3 aromatic heterocycles. The van der Waals surface area contributed by atoms with E-state index in [0.29, 0.717) is 5.41 Å². The van der Waals surface area contributed by atoms with Crippen molar-refractivity contribution in [1.29, 1.82) is 0 Å². The number of hydrogen-bond donors (Lipinski definition) is 0. The van der Waals surface area contributed by atoms with Crippen molar-refractivity contribution in [3.63, 3.8) is 0 Å². The van der Waals surface area contributed by atoms with Crippen LogP contribution in [0.3, 0.4) is 0 Å². The molecule has 3 aromatic carbocycles. The number of aryl methyl sites for hydroxylation is 3. The minimum Gasteiger partial charge on any atom is -0.320 e. The van der Waals surface area contributed by atoms with Crippen LogP contribution in [0.5, 0.6) is 0 Å². The molecule has 0 bridgehead atoms. The van der Waals surface area contributed by atoms with Gasteiger partial charge in [-0.15, -0.1) is 35.4 Å². The van der Waals surface area contributed by atoms with Crippen LogP contribution in [0.2, 0.25) is 0 Å². The van der Waals surface area contributed by atoms with E-state index < -0.39 is 0 Å². The average Bonchev–Trinajstić information content (AvgIpc) is 3.29. The first-order valence-electron chi connectivity index (χ1n) is 16.4. The molecule has 0 spiro atoms. The molecule has 1 aliphatic carbocycles. The molecular formula is C44H43IrN3-2. The minimum atomic E-state index is 0. The second-order valence-corrected chi connectivity index (χ2v) is 14.5. The smallest absolute Gasteiger partial charge is 0.0206 e. The summed E-state index contributed by atoms with van der Waals surface area (Å²) >= 11 is 0. The van der Waals surface area contributed by atoms with Gasteiger partial charge in [0.05, 0.1) is 0 Å². The van der Waals surface area contributed by atoms with Crippen LogP contribution in [0.25, 0.3) is 44.8 Å². The van der Waals surface area contributed by atoms with Gasteiger partial charge >= 0.3 is 0 Å². The standard InChI is InChI=1S/C25H28N.C19H15N2.Ir/c1-17-7-10-22(24-13-18(2)19(3)16-26-24)14-23(17)21-11-8-20(9-12-21)15-25(4,5)6;1-19(2)16-6-4-3-5-14(16)15-12-21-18(11-17(15)19)13-7-9-20-10-8-13;/h7-9,11-14,16H,15H2,1-6H3;3-7,9-12H,1-2H3;/q2*-1;. The van der Waals surface area contributed by atoms with Crippen LogP contribution in [0.15, 0.2) is 104 Å². The molecule has 0 unspecified atom stereocenters. The fourth-order valence-corrected chi connectivity index (χ4v) is 6.43. The Kier molecular flexibility index (Phi) is 10.3. The molecule has 0 saturated heterocycles. The maximum atomic E-state index is 4.63. The Morgan fingerprint density at radius 3 is 2.06 bits per heavy atom. The van der Waals surface area contributed by atoms with Gasteiger partial charge in [0.25, 0.3) is 0 Å². The first-order valence-corrected chi connectivity index (χ1v) is 16.4. The Morgan fingerprint density at radius 2 is 1.38 bits per heavy atom. The third-order valence-corrected chi connectivity index (χ3v) is 9.17. The van der Waals surface area contributed by atoms with Crippen molar-refractivity contribution in [2.75, 3.05) is 0 Å². The van der Waals surface area contributed by atoms with Gasteiger partial charge in [-0.25, -0.2) is 0 Å². The van der Waals surface area contributed by atoms with E-state index in [0.717, 1.165) is 28.9 Å². The monoisotopic (exact) mass is 806 g/mol. The zero-order valence-corrected chi connectivity index (χ0v) is 31.6. The summed E-state index contributed by atoms with van der Waals surface area (Å²) in [5.74, 6) is 0. The van der Waals surface area contributed by atoms with Crippen molar-refractivity contribution in [3.8, 4) is 44.8 Å². The predicted octanol–water partition coefficient (Wildman–Crippen LogP) is 11.0. The number of nitrogens with zero attached hydrogens (tertiary/aromatic N) is 3. The van der Waals surface area contributed by atoms with Gasteiger partial charge in [-0.05, 0) is 82.8 Å². The van der Waals surface area contributed by atoms with Crippen LogP contribution in [0.1, 0.15) is 68.0 Å². The Labute approximate surface area is 300 Å². The molecule has 4 heteroatoms. The van der Waals surface area contributed by atoms with Gasteiger partial charge in [-0.2, -0.15) is 11.6 Å². The molecule has 3 nitrogen and oxygen atoms in total. The SMILES string of the molecule is CC1(C)c2ccccc2-c2cnc(-c3[c-]cncc3)cc21.Cc1cnc(-c2[c-]cc(C)c(-c3ccc(CC(C)(C)C)cc3)c2)cc1C.[Ir]. The summed E-state index contributed by atoms with van der Waals surface area (Å²) in [5.41, 5.74) is 17.1. The maximum absolute atomic E-state index is 4.63. The number of hydrogen-bond acceptors (Lipinski definition) is 3. The summed E-state index contributed by atoms with van der Waals surface area (Å²) in [6.07, 6.45) is 8.49. The third-order valence-electron chi connectivity index (χ3n) is 9.17. The van der Waals surface area contributed by atoms with Crippen LogP contribution >= 0.6 is 0 Å². The molecule has 0 fully saturated rings.